The summed E-state index contributed by atoms with van der Waals surface area (Å²) >= 11 is 0. The summed E-state index contributed by atoms with van der Waals surface area (Å²) < 4.78 is 0. The fourth-order valence-corrected chi connectivity index (χ4v) is 3.29. The second kappa shape index (κ2) is 6.97. The molecule has 4 N–H and O–H groups in total. The minimum absolute atomic E-state index is 0.124. The van der Waals surface area contributed by atoms with Crippen molar-refractivity contribution in [3.05, 3.63) is 64.2 Å². The highest BCUT2D eigenvalue weighted by atomic mass is 16.1. The quantitative estimate of drug-likeness (QED) is 0.539. The molecule has 0 amide bonds. The maximum Gasteiger partial charge on any atom is 0.196 e. The number of carbonyl (C=O) groups excluding carboxylic acids is 2. The summed E-state index contributed by atoms with van der Waals surface area (Å²) in [6.07, 6.45) is 5.04. The molecule has 3 rings (SSSR count). The van der Waals surface area contributed by atoms with E-state index in [0.29, 0.717) is 27.9 Å². The van der Waals surface area contributed by atoms with Crippen molar-refractivity contribution in [3.63, 3.8) is 0 Å². The van der Waals surface area contributed by atoms with Gasteiger partial charge in [0.2, 0.25) is 0 Å². The average Bonchev–Trinajstić information content (AvgIpc) is 2.60. The van der Waals surface area contributed by atoms with Crippen LogP contribution in [0.3, 0.4) is 0 Å². The van der Waals surface area contributed by atoms with Gasteiger partial charge in [0.15, 0.2) is 11.6 Å². The Balaban J connectivity index is 1.88. The van der Waals surface area contributed by atoms with Crippen molar-refractivity contribution in [2.45, 2.75) is 32.1 Å². The van der Waals surface area contributed by atoms with Crippen LogP contribution in [0.15, 0.2) is 36.4 Å². The number of carbonyl (C=O) groups is 2. The minimum atomic E-state index is -0.150. The number of hydrogen-bond acceptors (Lipinski definition) is 4. The Bertz CT molecular complexity index is 796. The summed E-state index contributed by atoms with van der Waals surface area (Å²) in [6.45, 7) is 0.719. The smallest absolute Gasteiger partial charge is 0.196 e. The first-order valence-corrected chi connectivity index (χ1v) is 8.45. The molecule has 0 unspecified atom stereocenters. The van der Waals surface area contributed by atoms with Gasteiger partial charge in [-0.1, -0.05) is 43.2 Å². The molecular formula is C20H22N2O2. The molecular weight excluding hydrogens is 300 g/mol. The molecule has 124 valence electrons. The summed E-state index contributed by atoms with van der Waals surface area (Å²) in [4.78, 5) is 25.4. The molecule has 1 aliphatic carbocycles. The Morgan fingerprint density at radius 2 is 1.42 bits per heavy atom. The summed E-state index contributed by atoms with van der Waals surface area (Å²) in [5.74, 6) is -0.274. The molecule has 0 heterocycles. The van der Waals surface area contributed by atoms with Gasteiger partial charge in [0.05, 0.1) is 5.56 Å². The van der Waals surface area contributed by atoms with Crippen molar-refractivity contribution in [1.82, 2.24) is 0 Å². The van der Waals surface area contributed by atoms with Crippen LogP contribution in [-0.2, 0) is 6.42 Å². The third-order valence-electron chi connectivity index (χ3n) is 4.62. The van der Waals surface area contributed by atoms with E-state index < -0.39 is 0 Å². The number of nitrogen functional groups attached to an aromatic ring is 1. The number of anilines is 1. The fourth-order valence-electron chi connectivity index (χ4n) is 3.29. The predicted octanol–water partition coefficient (Wildman–Crippen LogP) is 3.11. The van der Waals surface area contributed by atoms with Crippen LogP contribution >= 0.6 is 0 Å². The zero-order valence-corrected chi connectivity index (χ0v) is 13.7. The minimum Gasteiger partial charge on any atom is -0.398 e. The van der Waals surface area contributed by atoms with E-state index in [9.17, 15) is 9.59 Å². The lowest BCUT2D eigenvalue weighted by molar-refractivity contribution is 0.0979. The van der Waals surface area contributed by atoms with Crippen LogP contribution in [0.2, 0.25) is 0 Å². The lowest BCUT2D eigenvalue weighted by Gasteiger charge is -2.20. The molecule has 1 aliphatic rings. The normalized spacial score (nSPS) is 12.9. The van der Waals surface area contributed by atoms with Crippen LogP contribution < -0.4 is 11.5 Å². The van der Waals surface area contributed by atoms with Gasteiger partial charge in [-0.3, -0.25) is 9.59 Å². The molecule has 4 heteroatoms. The van der Waals surface area contributed by atoms with Crippen LogP contribution in [0.1, 0.15) is 63.1 Å². The SMILES string of the molecule is NCCCCCCc1ccc2c(c1N)C(=O)c1ccccc1C2=O. The van der Waals surface area contributed by atoms with E-state index >= 15 is 0 Å². The number of benzene rings is 2. The number of nitrogens with two attached hydrogens (primary N) is 2. The van der Waals surface area contributed by atoms with Gasteiger partial charge in [-0.15, -0.1) is 0 Å². The molecule has 4 nitrogen and oxygen atoms in total. The molecule has 0 bridgehead atoms. The second-order valence-corrected chi connectivity index (χ2v) is 6.22. The number of hydrogen-bond donors (Lipinski definition) is 2. The first-order chi connectivity index (χ1) is 11.6. The highest BCUT2D eigenvalue weighted by Crippen LogP contribution is 2.33. The van der Waals surface area contributed by atoms with Crippen LogP contribution in [0, 0.1) is 0 Å². The summed E-state index contributed by atoms with van der Waals surface area (Å²) in [6, 6.07) is 10.6. The molecule has 0 fully saturated rings. The Hall–Kier alpha value is -2.46. The van der Waals surface area contributed by atoms with Crippen molar-refractivity contribution in [2.24, 2.45) is 5.73 Å². The van der Waals surface area contributed by atoms with E-state index in [1.165, 1.54) is 0 Å². The zero-order valence-electron chi connectivity index (χ0n) is 13.7. The van der Waals surface area contributed by atoms with Gasteiger partial charge in [0, 0.05) is 22.4 Å². The Kier molecular flexibility index (Phi) is 4.76. The van der Waals surface area contributed by atoms with E-state index in [4.69, 9.17) is 11.5 Å². The molecule has 2 aromatic rings. The largest absolute Gasteiger partial charge is 0.398 e. The predicted molar refractivity (Wildman–Crippen MR) is 95.4 cm³/mol. The topological polar surface area (TPSA) is 86.2 Å². The third-order valence-corrected chi connectivity index (χ3v) is 4.62. The first-order valence-electron chi connectivity index (χ1n) is 8.45. The van der Waals surface area contributed by atoms with Gasteiger partial charge in [-0.05, 0) is 37.4 Å². The number of rotatable bonds is 6. The molecule has 0 atom stereocenters. The molecule has 24 heavy (non-hydrogen) atoms. The van der Waals surface area contributed by atoms with Crippen molar-refractivity contribution in [3.8, 4) is 0 Å². The maximum atomic E-state index is 12.8. The number of unbranched alkanes of at least 4 members (excludes halogenated alkanes) is 3. The monoisotopic (exact) mass is 322 g/mol. The van der Waals surface area contributed by atoms with Gasteiger partial charge < -0.3 is 11.5 Å². The van der Waals surface area contributed by atoms with Crippen LogP contribution in [-0.4, -0.2) is 18.1 Å². The second-order valence-electron chi connectivity index (χ2n) is 6.22. The van der Waals surface area contributed by atoms with Crippen molar-refractivity contribution in [2.75, 3.05) is 12.3 Å². The van der Waals surface area contributed by atoms with Crippen molar-refractivity contribution >= 4 is 17.3 Å². The molecule has 0 aromatic heterocycles. The average molecular weight is 322 g/mol. The van der Waals surface area contributed by atoms with E-state index in [-0.39, 0.29) is 11.6 Å². The first kappa shape index (κ1) is 16.4. The van der Waals surface area contributed by atoms with Crippen molar-refractivity contribution in [1.29, 1.82) is 0 Å². The summed E-state index contributed by atoms with van der Waals surface area (Å²) in [5, 5.41) is 0. The number of fused-ring (bicyclic) bond motifs is 2. The lowest BCUT2D eigenvalue weighted by Crippen LogP contribution is -2.23. The van der Waals surface area contributed by atoms with Crippen molar-refractivity contribution < 1.29 is 9.59 Å². The Morgan fingerprint density at radius 3 is 2.12 bits per heavy atom. The standard InChI is InChI=1S/C20H22N2O2/c21-12-6-2-1-3-7-13-10-11-16-17(18(13)22)20(24)15-9-5-4-8-14(15)19(16)23/h4-5,8-11H,1-3,6-7,12,21-22H2. The van der Waals surface area contributed by atoms with E-state index in [1.54, 1.807) is 30.3 Å². The van der Waals surface area contributed by atoms with Crippen LogP contribution in [0.25, 0.3) is 0 Å². The van der Waals surface area contributed by atoms with E-state index in [2.05, 4.69) is 0 Å². The molecule has 2 aromatic carbocycles. The fraction of sp³-hybridized carbons (Fsp3) is 0.300. The molecule has 0 saturated carbocycles. The highest BCUT2D eigenvalue weighted by molar-refractivity contribution is 6.30. The Morgan fingerprint density at radius 1 is 0.750 bits per heavy atom. The maximum absolute atomic E-state index is 12.8. The van der Waals surface area contributed by atoms with E-state index in [1.807, 2.05) is 6.07 Å². The summed E-state index contributed by atoms with van der Waals surface area (Å²) in [7, 11) is 0. The van der Waals surface area contributed by atoms with Gasteiger partial charge in [0.1, 0.15) is 0 Å². The van der Waals surface area contributed by atoms with Gasteiger partial charge >= 0.3 is 0 Å². The Labute approximate surface area is 141 Å². The number of ketones is 2. The molecule has 0 saturated heterocycles. The van der Waals surface area contributed by atoms with Gasteiger partial charge in [-0.25, -0.2) is 0 Å². The van der Waals surface area contributed by atoms with Gasteiger partial charge in [0.25, 0.3) is 0 Å². The lowest BCUT2D eigenvalue weighted by atomic mass is 9.82. The van der Waals surface area contributed by atoms with E-state index in [0.717, 1.165) is 44.2 Å². The van der Waals surface area contributed by atoms with Crippen LogP contribution in [0.5, 0.6) is 0 Å². The molecule has 0 radical (unpaired) electrons. The van der Waals surface area contributed by atoms with Crippen LogP contribution in [0.4, 0.5) is 5.69 Å². The highest BCUT2D eigenvalue weighted by Gasteiger charge is 2.31. The zero-order chi connectivity index (χ0) is 17.1. The van der Waals surface area contributed by atoms with Gasteiger partial charge in [-0.2, -0.15) is 0 Å². The molecule has 0 aliphatic heterocycles. The summed E-state index contributed by atoms with van der Waals surface area (Å²) in [5.41, 5.74) is 14.9. The molecule has 0 spiro atoms. The third kappa shape index (κ3) is 2.85. The number of aryl methyl sites for hydroxylation is 1.